The van der Waals surface area contributed by atoms with Crippen LogP contribution in [0.3, 0.4) is 0 Å². The monoisotopic (exact) mass is 178 g/mol. The number of hydrogen-bond donors (Lipinski definition) is 3. The third kappa shape index (κ3) is 1.22. The third-order valence-corrected chi connectivity index (χ3v) is 2.22. The quantitative estimate of drug-likeness (QED) is 0.559. The van der Waals surface area contributed by atoms with Gasteiger partial charge in [0.1, 0.15) is 18.0 Å². The van der Waals surface area contributed by atoms with Crippen LogP contribution in [-0.4, -0.2) is 15.3 Å². The summed E-state index contributed by atoms with van der Waals surface area (Å²) in [6.45, 7) is 0. The highest BCUT2D eigenvalue weighted by molar-refractivity contribution is 5.39. The molecule has 0 saturated heterocycles. The molecule has 2 rings (SSSR count). The highest BCUT2D eigenvalue weighted by Gasteiger charge is 2.24. The van der Waals surface area contributed by atoms with Crippen molar-refractivity contribution in [3.63, 3.8) is 0 Å². The first-order valence-corrected chi connectivity index (χ1v) is 4.06. The second kappa shape index (κ2) is 2.87. The Morgan fingerprint density at radius 1 is 1.00 bits per heavy atom. The Morgan fingerprint density at radius 2 is 1.62 bits per heavy atom. The van der Waals surface area contributed by atoms with E-state index in [2.05, 4.69) is 0 Å². The van der Waals surface area contributed by atoms with Crippen LogP contribution in [0.15, 0.2) is 36.1 Å². The van der Waals surface area contributed by atoms with E-state index in [-0.39, 0.29) is 5.76 Å². The zero-order valence-electron chi connectivity index (χ0n) is 6.88. The van der Waals surface area contributed by atoms with Gasteiger partial charge in [-0.05, 0) is 17.2 Å². The number of rotatable bonds is 0. The van der Waals surface area contributed by atoms with Crippen molar-refractivity contribution < 1.29 is 15.3 Å². The Bertz CT molecular complexity index is 357. The van der Waals surface area contributed by atoms with Gasteiger partial charge in [-0.25, -0.2) is 0 Å². The lowest BCUT2D eigenvalue weighted by Gasteiger charge is -2.22. The van der Waals surface area contributed by atoms with E-state index in [0.29, 0.717) is 11.1 Å². The summed E-state index contributed by atoms with van der Waals surface area (Å²) in [4.78, 5) is 0. The first kappa shape index (κ1) is 8.29. The Hall–Kier alpha value is -1.32. The van der Waals surface area contributed by atoms with Crippen LogP contribution in [0.5, 0.6) is 0 Å². The van der Waals surface area contributed by atoms with E-state index in [0.717, 1.165) is 0 Å². The van der Waals surface area contributed by atoms with Gasteiger partial charge in [-0.15, -0.1) is 0 Å². The molecule has 1 aliphatic rings. The van der Waals surface area contributed by atoms with Crippen molar-refractivity contribution >= 4 is 0 Å². The largest absolute Gasteiger partial charge is 0.509 e. The average molecular weight is 178 g/mol. The number of aliphatic hydroxyl groups excluding tert-OH is 3. The zero-order valence-corrected chi connectivity index (χ0v) is 6.88. The molecule has 13 heavy (non-hydrogen) atoms. The van der Waals surface area contributed by atoms with Gasteiger partial charge in [-0.1, -0.05) is 24.3 Å². The standard InChI is InChI=1S/C10H10O3/c11-8-5-9(12)10(13)7-4-2-1-3-6(7)8/h1-5,8,10-13H. The van der Waals surface area contributed by atoms with Crippen molar-refractivity contribution in [2.75, 3.05) is 0 Å². The molecule has 0 aromatic heterocycles. The fraction of sp³-hybridized carbons (Fsp3) is 0.200. The summed E-state index contributed by atoms with van der Waals surface area (Å²) in [5.74, 6) is -0.189. The van der Waals surface area contributed by atoms with Crippen LogP contribution >= 0.6 is 0 Å². The second-order valence-electron chi connectivity index (χ2n) is 3.07. The second-order valence-corrected chi connectivity index (χ2v) is 3.07. The molecular weight excluding hydrogens is 168 g/mol. The van der Waals surface area contributed by atoms with Crippen LogP contribution < -0.4 is 0 Å². The summed E-state index contributed by atoms with van der Waals surface area (Å²) in [6.07, 6.45) is -0.577. The van der Waals surface area contributed by atoms with Crippen LogP contribution in [-0.2, 0) is 0 Å². The summed E-state index contributed by atoms with van der Waals surface area (Å²) in [6, 6.07) is 6.96. The van der Waals surface area contributed by atoms with Gasteiger partial charge >= 0.3 is 0 Å². The molecule has 0 spiro atoms. The molecule has 1 aliphatic carbocycles. The molecule has 0 radical (unpaired) electrons. The van der Waals surface area contributed by atoms with Crippen LogP contribution in [0.2, 0.25) is 0 Å². The number of hydrogen-bond acceptors (Lipinski definition) is 3. The van der Waals surface area contributed by atoms with Gasteiger partial charge in [0.05, 0.1) is 0 Å². The van der Waals surface area contributed by atoms with Gasteiger partial charge < -0.3 is 15.3 Å². The first-order chi connectivity index (χ1) is 6.20. The van der Waals surface area contributed by atoms with E-state index >= 15 is 0 Å². The maximum atomic E-state index is 9.52. The van der Waals surface area contributed by atoms with Crippen LogP contribution in [0.25, 0.3) is 0 Å². The molecule has 1 aromatic carbocycles. The van der Waals surface area contributed by atoms with Gasteiger partial charge in [0.25, 0.3) is 0 Å². The summed E-state index contributed by atoms with van der Waals surface area (Å²) in [5.41, 5.74) is 1.21. The lowest BCUT2D eigenvalue weighted by Crippen LogP contribution is -2.13. The molecule has 3 heteroatoms. The number of benzene rings is 1. The molecule has 3 nitrogen and oxygen atoms in total. The number of aliphatic hydroxyl groups is 3. The van der Waals surface area contributed by atoms with Crippen molar-refractivity contribution in [3.8, 4) is 0 Å². The molecular formula is C10H10O3. The van der Waals surface area contributed by atoms with Crippen molar-refractivity contribution in [1.82, 2.24) is 0 Å². The van der Waals surface area contributed by atoms with E-state index in [4.69, 9.17) is 0 Å². The summed E-state index contributed by atoms with van der Waals surface area (Å²) < 4.78 is 0. The van der Waals surface area contributed by atoms with E-state index in [1.54, 1.807) is 24.3 Å². The number of fused-ring (bicyclic) bond motifs is 1. The molecule has 2 atom stereocenters. The fourth-order valence-electron chi connectivity index (χ4n) is 1.53. The van der Waals surface area contributed by atoms with E-state index < -0.39 is 12.2 Å². The van der Waals surface area contributed by atoms with Gasteiger partial charge in [0.2, 0.25) is 0 Å². The lowest BCUT2D eigenvalue weighted by molar-refractivity contribution is 0.129. The Morgan fingerprint density at radius 3 is 2.31 bits per heavy atom. The summed E-state index contributed by atoms with van der Waals surface area (Å²) in [7, 11) is 0. The molecule has 0 saturated carbocycles. The maximum Gasteiger partial charge on any atom is 0.136 e. The maximum absolute atomic E-state index is 9.52. The topological polar surface area (TPSA) is 60.7 Å². The smallest absolute Gasteiger partial charge is 0.136 e. The highest BCUT2D eigenvalue weighted by atomic mass is 16.3. The normalized spacial score (nSPS) is 26.5. The van der Waals surface area contributed by atoms with Crippen molar-refractivity contribution in [2.45, 2.75) is 12.2 Å². The molecule has 0 amide bonds. The molecule has 3 N–H and O–H groups in total. The average Bonchev–Trinajstić information content (AvgIpc) is 2.15. The third-order valence-electron chi connectivity index (χ3n) is 2.22. The molecule has 0 heterocycles. The minimum atomic E-state index is -1.00. The summed E-state index contributed by atoms with van der Waals surface area (Å²) in [5, 5.41) is 28.3. The Balaban J connectivity index is 2.55. The fourth-order valence-corrected chi connectivity index (χ4v) is 1.53. The molecule has 0 fully saturated rings. The highest BCUT2D eigenvalue weighted by Crippen LogP contribution is 2.33. The van der Waals surface area contributed by atoms with Crippen molar-refractivity contribution in [3.05, 3.63) is 47.2 Å². The van der Waals surface area contributed by atoms with E-state index in [1.165, 1.54) is 6.08 Å². The molecule has 0 aliphatic heterocycles. The predicted molar refractivity (Wildman–Crippen MR) is 47.1 cm³/mol. The minimum Gasteiger partial charge on any atom is -0.509 e. The van der Waals surface area contributed by atoms with Gasteiger partial charge in [0.15, 0.2) is 0 Å². The van der Waals surface area contributed by atoms with E-state index in [1.807, 2.05) is 0 Å². The SMILES string of the molecule is OC1=CC(O)c2ccccc2C1O. The van der Waals surface area contributed by atoms with Gasteiger partial charge in [-0.2, -0.15) is 0 Å². The van der Waals surface area contributed by atoms with Crippen molar-refractivity contribution in [2.24, 2.45) is 0 Å². The van der Waals surface area contributed by atoms with Crippen LogP contribution in [0.1, 0.15) is 23.3 Å². The minimum absolute atomic E-state index is 0.189. The first-order valence-electron chi connectivity index (χ1n) is 4.06. The molecule has 2 unspecified atom stereocenters. The lowest BCUT2D eigenvalue weighted by atomic mass is 9.92. The van der Waals surface area contributed by atoms with Gasteiger partial charge in [0, 0.05) is 0 Å². The van der Waals surface area contributed by atoms with Gasteiger partial charge in [-0.3, -0.25) is 0 Å². The Labute approximate surface area is 75.6 Å². The molecule has 68 valence electrons. The zero-order chi connectivity index (χ0) is 9.42. The van der Waals surface area contributed by atoms with E-state index in [9.17, 15) is 15.3 Å². The van der Waals surface area contributed by atoms with Crippen LogP contribution in [0, 0.1) is 0 Å². The van der Waals surface area contributed by atoms with Crippen LogP contribution in [0.4, 0.5) is 0 Å². The predicted octanol–water partition coefficient (Wildman–Crippen LogP) is 1.21. The summed E-state index contributed by atoms with van der Waals surface area (Å²) >= 11 is 0. The Kier molecular flexibility index (Phi) is 1.83. The van der Waals surface area contributed by atoms with Crippen molar-refractivity contribution in [1.29, 1.82) is 0 Å². The molecule has 0 bridgehead atoms. The molecule has 1 aromatic rings.